The molecule has 1 N–H and O–H groups in total. The van der Waals surface area contributed by atoms with E-state index in [1.807, 2.05) is 37.3 Å². The largest absolute Gasteiger partial charge is 0.354 e. The van der Waals surface area contributed by atoms with Gasteiger partial charge in [-0.25, -0.2) is 9.78 Å². The van der Waals surface area contributed by atoms with Crippen LogP contribution in [0.5, 0.6) is 0 Å². The molecule has 0 aliphatic rings. The van der Waals surface area contributed by atoms with Gasteiger partial charge in [-0.3, -0.25) is 18.9 Å². The zero-order chi connectivity index (χ0) is 18.4. The Balaban J connectivity index is 1.97. The first-order valence-corrected chi connectivity index (χ1v) is 8.14. The quantitative estimate of drug-likeness (QED) is 0.601. The van der Waals surface area contributed by atoms with E-state index in [0.717, 1.165) is 26.7 Å². The summed E-state index contributed by atoms with van der Waals surface area (Å²) in [5, 5.41) is 4.71. The molecular formula is C19H17N5O2. The lowest BCUT2D eigenvalue weighted by molar-refractivity contribution is 0.707. The normalized spacial score (nSPS) is 11.2. The number of fused-ring (bicyclic) bond motifs is 2. The van der Waals surface area contributed by atoms with Crippen molar-refractivity contribution in [2.75, 3.05) is 5.32 Å². The summed E-state index contributed by atoms with van der Waals surface area (Å²) in [5.41, 5.74) is 2.78. The summed E-state index contributed by atoms with van der Waals surface area (Å²) in [6.07, 6.45) is 3.41. The topological polar surface area (TPSA) is 81.8 Å². The van der Waals surface area contributed by atoms with Gasteiger partial charge in [0.2, 0.25) is 0 Å². The minimum absolute atomic E-state index is 0.355. The number of hydrogen-bond donors (Lipinski definition) is 1. The molecule has 4 aromatic rings. The van der Waals surface area contributed by atoms with Crippen LogP contribution in [0.15, 0.2) is 52.3 Å². The van der Waals surface area contributed by atoms with Crippen LogP contribution in [0.3, 0.4) is 0 Å². The minimum Gasteiger partial charge on any atom is -0.354 e. The second-order valence-corrected chi connectivity index (χ2v) is 6.26. The first-order valence-electron chi connectivity index (χ1n) is 8.14. The maximum Gasteiger partial charge on any atom is 0.332 e. The smallest absolute Gasteiger partial charge is 0.332 e. The summed E-state index contributed by atoms with van der Waals surface area (Å²) in [4.78, 5) is 33.5. The van der Waals surface area contributed by atoms with E-state index < -0.39 is 5.69 Å². The first kappa shape index (κ1) is 16.0. The predicted octanol–water partition coefficient (Wildman–Crippen LogP) is 2.23. The number of pyridine rings is 2. The third-order valence-corrected chi connectivity index (χ3v) is 4.53. The fraction of sp³-hybridized carbons (Fsp3) is 0.158. The molecule has 0 spiro atoms. The van der Waals surface area contributed by atoms with Gasteiger partial charge in [0.15, 0.2) is 5.65 Å². The highest BCUT2D eigenvalue weighted by Crippen LogP contribution is 2.27. The fourth-order valence-electron chi connectivity index (χ4n) is 3.08. The van der Waals surface area contributed by atoms with Crippen molar-refractivity contribution >= 4 is 33.3 Å². The lowest BCUT2D eigenvalue weighted by atomic mass is 10.1. The Morgan fingerprint density at radius 3 is 2.65 bits per heavy atom. The molecule has 4 rings (SSSR count). The van der Waals surface area contributed by atoms with E-state index in [9.17, 15) is 9.59 Å². The summed E-state index contributed by atoms with van der Waals surface area (Å²) in [6, 6.07) is 9.66. The molecule has 1 aromatic carbocycles. The monoisotopic (exact) mass is 347 g/mol. The molecule has 0 unspecified atom stereocenters. The number of anilines is 2. The van der Waals surface area contributed by atoms with Gasteiger partial charge in [0.1, 0.15) is 5.39 Å². The number of aryl methyl sites for hydroxylation is 2. The van der Waals surface area contributed by atoms with Crippen LogP contribution in [0, 0.1) is 6.92 Å². The van der Waals surface area contributed by atoms with Crippen LogP contribution in [0.1, 0.15) is 5.56 Å². The summed E-state index contributed by atoms with van der Waals surface area (Å²) < 4.78 is 2.48. The molecule has 0 atom stereocenters. The van der Waals surface area contributed by atoms with Gasteiger partial charge in [0, 0.05) is 37.6 Å². The van der Waals surface area contributed by atoms with Crippen molar-refractivity contribution in [3.8, 4) is 0 Å². The predicted molar refractivity (Wildman–Crippen MR) is 102 cm³/mol. The van der Waals surface area contributed by atoms with Crippen molar-refractivity contribution in [1.82, 2.24) is 19.1 Å². The summed E-state index contributed by atoms with van der Waals surface area (Å²) in [6.45, 7) is 1.88. The van der Waals surface area contributed by atoms with E-state index in [1.54, 1.807) is 19.4 Å². The van der Waals surface area contributed by atoms with E-state index in [1.165, 1.54) is 11.6 Å². The summed E-state index contributed by atoms with van der Waals surface area (Å²) in [5.74, 6) is 0. The van der Waals surface area contributed by atoms with Gasteiger partial charge in [0.25, 0.3) is 5.56 Å². The third-order valence-electron chi connectivity index (χ3n) is 4.53. The maximum absolute atomic E-state index is 12.7. The number of hydrogen-bond acceptors (Lipinski definition) is 5. The molecule has 3 heterocycles. The van der Waals surface area contributed by atoms with Crippen LogP contribution in [-0.2, 0) is 14.1 Å². The van der Waals surface area contributed by atoms with Crippen molar-refractivity contribution in [3.63, 3.8) is 0 Å². The first-order chi connectivity index (χ1) is 12.5. The van der Waals surface area contributed by atoms with Crippen LogP contribution in [0.25, 0.3) is 21.9 Å². The van der Waals surface area contributed by atoms with Crippen molar-refractivity contribution in [2.24, 2.45) is 14.1 Å². The Kier molecular flexibility index (Phi) is 3.57. The minimum atomic E-state index is -0.401. The Labute approximate surface area is 148 Å². The molecule has 7 heteroatoms. The van der Waals surface area contributed by atoms with Crippen LogP contribution < -0.4 is 16.6 Å². The van der Waals surface area contributed by atoms with Crippen molar-refractivity contribution < 1.29 is 0 Å². The average Bonchev–Trinajstić information content (AvgIpc) is 2.66. The maximum atomic E-state index is 12.7. The van der Waals surface area contributed by atoms with Crippen molar-refractivity contribution in [2.45, 2.75) is 6.92 Å². The Hall–Kier alpha value is -3.48. The molecule has 0 radical (unpaired) electrons. The summed E-state index contributed by atoms with van der Waals surface area (Å²) in [7, 11) is 3.08. The van der Waals surface area contributed by atoms with Gasteiger partial charge in [-0.05, 0) is 36.8 Å². The molecule has 0 saturated heterocycles. The summed E-state index contributed by atoms with van der Waals surface area (Å²) >= 11 is 0. The Bertz CT molecular complexity index is 1290. The fourth-order valence-corrected chi connectivity index (χ4v) is 3.08. The highest BCUT2D eigenvalue weighted by atomic mass is 16.2. The van der Waals surface area contributed by atoms with E-state index in [-0.39, 0.29) is 5.56 Å². The van der Waals surface area contributed by atoms with Gasteiger partial charge in [-0.15, -0.1) is 0 Å². The molecule has 0 aliphatic heterocycles. The molecule has 0 saturated carbocycles. The number of benzene rings is 1. The Morgan fingerprint density at radius 2 is 1.85 bits per heavy atom. The number of nitrogens with one attached hydrogen (secondary N) is 1. The standard InChI is InChI=1S/C19H17N5O2/c1-11-10-21-17-15(18(25)24(3)19(26)23(17)2)16(11)22-13-6-7-14-12(9-13)5-4-8-20-14/h4-10H,1-3H3,(H,21,22). The van der Waals surface area contributed by atoms with Crippen LogP contribution in [0.4, 0.5) is 11.4 Å². The number of nitrogens with zero attached hydrogens (tertiary/aromatic N) is 4. The molecule has 0 amide bonds. The molecule has 0 aliphatic carbocycles. The number of rotatable bonds is 2. The van der Waals surface area contributed by atoms with E-state index in [2.05, 4.69) is 15.3 Å². The van der Waals surface area contributed by atoms with Gasteiger partial charge in [-0.1, -0.05) is 6.07 Å². The zero-order valence-corrected chi connectivity index (χ0v) is 14.6. The lowest BCUT2D eigenvalue weighted by Gasteiger charge is -2.15. The van der Waals surface area contributed by atoms with Crippen LogP contribution >= 0.6 is 0 Å². The van der Waals surface area contributed by atoms with E-state index in [0.29, 0.717) is 16.7 Å². The third kappa shape index (κ3) is 2.36. The second-order valence-electron chi connectivity index (χ2n) is 6.26. The average molecular weight is 347 g/mol. The number of aromatic nitrogens is 4. The molecule has 0 fully saturated rings. The van der Waals surface area contributed by atoms with Gasteiger partial charge >= 0.3 is 5.69 Å². The van der Waals surface area contributed by atoms with Crippen LogP contribution in [-0.4, -0.2) is 19.1 Å². The van der Waals surface area contributed by atoms with E-state index in [4.69, 9.17) is 0 Å². The Morgan fingerprint density at radius 1 is 1.04 bits per heavy atom. The van der Waals surface area contributed by atoms with Gasteiger partial charge < -0.3 is 5.32 Å². The molecule has 0 bridgehead atoms. The lowest BCUT2D eigenvalue weighted by Crippen LogP contribution is -2.37. The van der Waals surface area contributed by atoms with Crippen molar-refractivity contribution in [3.05, 3.63) is 69.1 Å². The molecule has 130 valence electrons. The second kappa shape index (κ2) is 5.80. The van der Waals surface area contributed by atoms with Gasteiger partial charge in [0.05, 0.1) is 11.2 Å². The molecule has 7 nitrogen and oxygen atoms in total. The molecular weight excluding hydrogens is 330 g/mol. The molecule has 26 heavy (non-hydrogen) atoms. The SMILES string of the molecule is Cc1cnc2c(c1Nc1ccc3ncccc3c1)c(=O)n(C)c(=O)n2C. The van der Waals surface area contributed by atoms with E-state index >= 15 is 0 Å². The van der Waals surface area contributed by atoms with Crippen molar-refractivity contribution in [1.29, 1.82) is 0 Å². The molecule has 3 aromatic heterocycles. The van der Waals surface area contributed by atoms with Gasteiger partial charge in [-0.2, -0.15) is 0 Å². The highest BCUT2D eigenvalue weighted by molar-refractivity contribution is 5.93. The highest BCUT2D eigenvalue weighted by Gasteiger charge is 2.16. The van der Waals surface area contributed by atoms with Crippen LogP contribution in [0.2, 0.25) is 0 Å². The zero-order valence-electron chi connectivity index (χ0n) is 14.6.